The van der Waals surface area contributed by atoms with E-state index in [-0.39, 0.29) is 26.2 Å². The van der Waals surface area contributed by atoms with Crippen LogP contribution in [0.4, 0.5) is 0 Å². The molecule has 8 heavy (non-hydrogen) atoms. The molecule has 0 radical (unpaired) electrons. The summed E-state index contributed by atoms with van der Waals surface area (Å²) in [6.45, 7) is 4.18. The fourth-order valence-electron chi connectivity index (χ4n) is 0.745. The Labute approximate surface area is 69.8 Å². The van der Waals surface area contributed by atoms with Gasteiger partial charge in [-0.1, -0.05) is 20.3 Å². The molecule has 0 spiro atoms. The maximum absolute atomic E-state index is 3.19. The summed E-state index contributed by atoms with van der Waals surface area (Å²) in [5.41, 5.74) is 2.65. The van der Waals surface area contributed by atoms with Crippen LogP contribution in [-0.4, -0.2) is 0 Å². The van der Waals surface area contributed by atoms with Gasteiger partial charge in [-0.2, -0.15) is 5.57 Å². The van der Waals surface area contributed by atoms with Crippen molar-refractivity contribution in [2.45, 2.75) is 20.3 Å². The predicted molar refractivity (Wildman–Crippen MR) is 30.8 cm³/mol. The number of hydrogen-bond acceptors (Lipinski definition) is 0. The maximum Gasteiger partial charge on any atom is 0 e. The van der Waals surface area contributed by atoms with Crippen LogP contribution in [0.15, 0.2) is 17.2 Å². The zero-order chi connectivity index (χ0) is 5.28. The average Bonchev–Trinajstić information content (AvgIpc) is 1.87. The van der Waals surface area contributed by atoms with E-state index in [4.69, 9.17) is 0 Å². The van der Waals surface area contributed by atoms with Gasteiger partial charge in [-0.25, -0.2) is 11.6 Å². The number of hydrogen-bond donors (Lipinski definition) is 0. The van der Waals surface area contributed by atoms with Crippen LogP contribution in [-0.2, 0) is 26.2 Å². The van der Waals surface area contributed by atoms with E-state index in [1.165, 1.54) is 11.1 Å². The summed E-state index contributed by atoms with van der Waals surface area (Å²) in [7, 11) is 0. The quantitative estimate of drug-likeness (QED) is 0.506. The smallest absolute Gasteiger partial charge is 0 e. The minimum absolute atomic E-state index is 0. The summed E-state index contributed by atoms with van der Waals surface area (Å²) < 4.78 is 0. The van der Waals surface area contributed by atoms with Crippen LogP contribution in [0.25, 0.3) is 0 Å². The molecule has 0 nitrogen and oxygen atoms in total. The fourth-order valence-corrected chi connectivity index (χ4v) is 0.745. The minimum Gasteiger partial charge on any atom is -0.250 e. The first kappa shape index (κ1) is 8.36. The molecule has 1 aliphatic carbocycles. The van der Waals surface area contributed by atoms with Crippen LogP contribution in [0.2, 0.25) is 0 Å². The second-order valence-corrected chi connectivity index (χ2v) is 2.00. The summed E-state index contributed by atoms with van der Waals surface area (Å²) in [4.78, 5) is 0. The molecule has 0 bridgehead atoms. The van der Waals surface area contributed by atoms with E-state index < -0.39 is 0 Å². The first-order valence-electron chi connectivity index (χ1n) is 2.55. The predicted octanol–water partition coefficient (Wildman–Crippen LogP) is 2.08. The Balaban J connectivity index is 0.000000490. The molecule has 0 saturated carbocycles. The molecule has 0 saturated heterocycles. The fraction of sp³-hybridized carbons (Fsp3) is 0.429. The number of allylic oxidation sites excluding steroid dienone is 4. The van der Waals surface area contributed by atoms with E-state index in [0.29, 0.717) is 0 Å². The van der Waals surface area contributed by atoms with Gasteiger partial charge in [0.25, 0.3) is 0 Å². The zero-order valence-electron chi connectivity index (χ0n) is 5.28. The van der Waals surface area contributed by atoms with Gasteiger partial charge in [0.2, 0.25) is 0 Å². The van der Waals surface area contributed by atoms with Crippen molar-refractivity contribution < 1.29 is 26.2 Å². The molecule has 0 aromatic heterocycles. The van der Waals surface area contributed by atoms with E-state index in [1.807, 2.05) is 0 Å². The molecule has 1 heteroatoms. The van der Waals surface area contributed by atoms with Gasteiger partial charge < -0.3 is 0 Å². The van der Waals surface area contributed by atoms with E-state index in [1.54, 1.807) is 0 Å². The summed E-state index contributed by atoms with van der Waals surface area (Å²) in [5, 5.41) is 0. The van der Waals surface area contributed by atoms with Crippen molar-refractivity contribution in [1.29, 1.82) is 0 Å². The Morgan fingerprint density at radius 3 is 2.25 bits per heavy atom. The first-order chi connectivity index (χ1) is 3.29. The van der Waals surface area contributed by atoms with E-state index >= 15 is 0 Å². The summed E-state index contributed by atoms with van der Waals surface area (Å²) in [6, 6.07) is 0. The third kappa shape index (κ3) is 2.09. The van der Waals surface area contributed by atoms with Gasteiger partial charge in [0.05, 0.1) is 0 Å². The molecular formula is C7H9Zr-. The van der Waals surface area contributed by atoms with Crippen molar-refractivity contribution in [3.05, 3.63) is 23.3 Å². The minimum atomic E-state index is 0. The SMILES string of the molecule is CC1=[C-]C(C)=CC1.[Zr]. The van der Waals surface area contributed by atoms with Gasteiger partial charge in [-0.15, -0.1) is 0 Å². The second-order valence-electron chi connectivity index (χ2n) is 2.00. The molecule has 0 aromatic rings. The number of rotatable bonds is 0. The van der Waals surface area contributed by atoms with Crippen LogP contribution < -0.4 is 0 Å². The van der Waals surface area contributed by atoms with Gasteiger partial charge in [-0.3, -0.25) is 6.08 Å². The van der Waals surface area contributed by atoms with Crippen molar-refractivity contribution in [1.82, 2.24) is 0 Å². The Morgan fingerprint density at radius 2 is 2.12 bits per heavy atom. The van der Waals surface area contributed by atoms with E-state index in [2.05, 4.69) is 26.0 Å². The average molecular weight is 184 g/mol. The van der Waals surface area contributed by atoms with Crippen LogP contribution in [0.3, 0.4) is 0 Å². The summed E-state index contributed by atoms with van der Waals surface area (Å²) in [5.74, 6) is 0. The van der Waals surface area contributed by atoms with Crippen molar-refractivity contribution in [2.75, 3.05) is 0 Å². The molecule has 0 amide bonds. The van der Waals surface area contributed by atoms with Gasteiger partial charge in [-0.05, 0) is 0 Å². The van der Waals surface area contributed by atoms with E-state index in [0.717, 1.165) is 6.42 Å². The molecule has 1 rings (SSSR count). The van der Waals surface area contributed by atoms with Crippen molar-refractivity contribution in [3.63, 3.8) is 0 Å². The van der Waals surface area contributed by atoms with Crippen LogP contribution >= 0.6 is 0 Å². The van der Waals surface area contributed by atoms with Gasteiger partial charge in [0, 0.05) is 26.2 Å². The molecule has 0 fully saturated rings. The Kier molecular flexibility index (Phi) is 3.55. The largest absolute Gasteiger partial charge is 0.250 e. The van der Waals surface area contributed by atoms with Crippen molar-refractivity contribution in [3.8, 4) is 0 Å². The zero-order valence-corrected chi connectivity index (χ0v) is 7.74. The molecule has 0 aliphatic heterocycles. The molecule has 0 atom stereocenters. The second kappa shape index (κ2) is 3.40. The molecule has 0 heterocycles. The standard InChI is InChI=1S/C7H9.Zr/c1-6-3-4-7(2)5-6;/h3H,4H2,1-2H3;/q-1;. The summed E-state index contributed by atoms with van der Waals surface area (Å²) >= 11 is 0. The normalized spacial score (nSPS) is 16.8. The van der Waals surface area contributed by atoms with Gasteiger partial charge in [0.15, 0.2) is 0 Å². The topological polar surface area (TPSA) is 0 Å². The molecule has 0 aromatic carbocycles. The summed E-state index contributed by atoms with van der Waals surface area (Å²) in [6.07, 6.45) is 6.50. The Morgan fingerprint density at radius 1 is 1.50 bits per heavy atom. The molecule has 1 aliphatic rings. The molecule has 42 valence electrons. The van der Waals surface area contributed by atoms with Crippen molar-refractivity contribution >= 4 is 0 Å². The Bertz CT molecular complexity index is 131. The third-order valence-corrected chi connectivity index (χ3v) is 1.12. The van der Waals surface area contributed by atoms with Gasteiger partial charge >= 0.3 is 0 Å². The molecule has 0 unspecified atom stereocenters. The molecule has 0 N–H and O–H groups in total. The van der Waals surface area contributed by atoms with Crippen LogP contribution in [0.5, 0.6) is 0 Å². The van der Waals surface area contributed by atoms with Crippen molar-refractivity contribution in [2.24, 2.45) is 0 Å². The van der Waals surface area contributed by atoms with Crippen LogP contribution in [0.1, 0.15) is 20.3 Å². The first-order valence-corrected chi connectivity index (χ1v) is 2.55. The monoisotopic (exact) mass is 183 g/mol. The van der Waals surface area contributed by atoms with E-state index in [9.17, 15) is 0 Å². The molecular weight excluding hydrogens is 175 g/mol. The van der Waals surface area contributed by atoms with Gasteiger partial charge in [0.1, 0.15) is 0 Å². The maximum atomic E-state index is 3.19. The Hall–Kier alpha value is 0.363. The van der Waals surface area contributed by atoms with Crippen LogP contribution in [0, 0.1) is 6.08 Å². The third-order valence-electron chi connectivity index (χ3n) is 1.12.